The van der Waals surface area contributed by atoms with Gasteiger partial charge < -0.3 is 15.1 Å². The summed E-state index contributed by atoms with van der Waals surface area (Å²) in [6.07, 6.45) is 3.18. The molecule has 7 heteroatoms. The molecule has 1 amide bonds. The number of aliphatic carboxylic acids is 2. The van der Waals surface area contributed by atoms with Crippen LogP contribution in [0.15, 0.2) is 18.5 Å². The molecular weight excluding hydrogens is 276 g/mol. The highest BCUT2D eigenvalue weighted by Gasteiger charge is 2.40. The van der Waals surface area contributed by atoms with Gasteiger partial charge in [-0.2, -0.15) is 0 Å². The Hall–Kier alpha value is -2.44. The Kier molecular flexibility index (Phi) is 4.21. The largest absolute Gasteiger partial charge is 0.481 e. The molecule has 2 heterocycles. The molecule has 21 heavy (non-hydrogen) atoms. The van der Waals surface area contributed by atoms with Crippen molar-refractivity contribution in [2.75, 3.05) is 13.1 Å². The van der Waals surface area contributed by atoms with Crippen LogP contribution in [-0.2, 0) is 9.59 Å². The number of hydrogen-bond acceptors (Lipinski definition) is 4. The van der Waals surface area contributed by atoms with E-state index in [0.29, 0.717) is 5.56 Å². The minimum atomic E-state index is -1.19. The van der Waals surface area contributed by atoms with Crippen molar-refractivity contribution in [3.8, 4) is 0 Å². The first kappa shape index (κ1) is 15.0. The number of aromatic nitrogens is 1. The van der Waals surface area contributed by atoms with Gasteiger partial charge in [0.1, 0.15) is 0 Å². The van der Waals surface area contributed by atoms with Crippen molar-refractivity contribution in [2.24, 2.45) is 11.8 Å². The lowest BCUT2D eigenvalue weighted by Crippen LogP contribution is -2.48. The molecule has 2 atom stereocenters. The van der Waals surface area contributed by atoms with Gasteiger partial charge in [0.25, 0.3) is 5.91 Å². The number of carboxylic acids is 2. The van der Waals surface area contributed by atoms with Crippen molar-refractivity contribution in [1.82, 2.24) is 9.88 Å². The Morgan fingerprint density at radius 1 is 1.19 bits per heavy atom. The van der Waals surface area contributed by atoms with Crippen LogP contribution in [0.4, 0.5) is 0 Å². The number of hydrogen-bond donors (Lipinski definition) is 2. The highest BCUT2D eigenvalue weighted by molar-refractivity contribution is 5.94. The van der Waals surface area contributed by atoms with E-state index in [1.807, 2.05) is 0 Å². The SMILES string of the molecule is Cc1cncc(C(=O)N2CCC(C(=O)O)C(C(=O)O)C2)c1. The average Bonchev–Trinajstić information content (AvgIpc) is 2.45. The Morgan fingerprint density at radius 2 is 1.86 bits per heavy atom. The van der Waals surface area contributed by atoms with Crippen LogP contribution in [0.5, 0.6) is 0 Å². The van der Waals surface area contributed by atoms with E-state index in [1.165, 1.54) is 11.1 Å². The van der Waals surface area contributed by atoms with E-state index in [1.54, 1.807) is 19.2 Å². The van der Waals surface area contributed by atoms with Gasteiger partial charge in [-0.15, -0.1) is 0 Å². The molecule has 1 aliphatic rings. The fourth-order valence-corrected chi connectivity index (χ4v) is 2.54. The van der Waals surface area contributed by atoms with Crippen LogP contribution in [0.1, 0.15) is 22.3 Å². The van der Waals surface area contributed by atoms with Crippen LogP contribution in [-0.4, -0.2) is 51.0 Å². The predicted molar refractivity (Wildman–Crippen MR) is 71.7 cm³/mol. The second-order valence-electron chi connectivity index (χ2n) is 5.18. The maximum Gasteiger partial charge on any atom is 0.309 e. The Balaban J connectivity index is 2.17. The van der Waals surface area contributed by atoms with Gasteiger partial charge in [0, 0.05) is 25.5 Å². The van der Waals surface area contributed by atoms with Crippen LogP contribution in [0.3, 0.4) is 0 Å². The maximum absolute atomic E-state index is 12.3. The quantitative estimate of drug-likeness (QED) is 0.846. The standard InChI is InChI=1S/C14H16N2O5/c1-8-4-9(6-15-5-8)12(17)16-3-2-10(13(18)19)11(7-16)14(20)21/h4-6,10-11H,2-3,7H2,1H3,(H,18,19)(H,20,21). The predicted octanol–water partition coefficient (Wildman–Crippen LogP) is 0.638. The van der Waals surface area contributed by atoms with Crippen LogP contribution in [0.25, 0.3) is 0 Å². The van der Waals surface area contributed by atoms with Gasteiger partial charge in [0.15, 0.2) is 0 Å². The highest BCUT2D eigenvalue weighted by Crippen LogP contribution is 2.25. The fraction of sp³-hybridized carbons (Fsp3) is 0.429. The lowest BCUT2D eigenvalue weighted by atomic mass is 9.85. The van der Waals surface area contributed by atoms with Gasteiger partial charge in [-0.3, -0.25) is 19.4 Å². The summed E-state index contributed by atoms with van der Waals surface area (Å²) in [6, 6.07) is 1.67. The van der Waals surface area contributed by atoms with E-state index in [9.17, 15) is 14.4 Å². The summed E-state index contributed by atoms with van der Waals surface area (Å²) in [4.78, 5) is 40.0. The molecule has 2 unspecified atom stereocenters. The molecular formula is C14H16N2O5. The number of carbonyl (C=O) groups is 3. The van der Waals surface area contributed by atoms with Crippen LogP contribution >= 0.6 is 0 Å². The molecule has 1 aromatic heterocycles. The number of amides is 1. The highest BCUT2D eigenvalue weighted by atomic mass is 16.4. The molecule has 0 spiro atoms. The number of aryl methyl sites for hydroxylation is 1. The third-order valence-electron chi connectivity index (χ3n) is 3.66. The number of nitrogens with zero attached hydrogens (tertiary/aromatic N) is 2. The summed E-state index contributed by atoms with van der Waals surface area (Å²) in [5, 5.41) is 18.2. The maximum atomic E-state index is 12.3. The molecule has 0 aliphatic carbocycles. The van der Waals surface area contributed by atoms with Crippen LogP contribution in [0, 0.1) is 18.8 Å². The van der Waals surface area contributed by atoms with Crippen molar-refractivity contribution >= 4 is 17.8 Å². The van der Waals surface area contributed by atoms with E-state index >= 15 is 0 Å². The third-order valence-corrected chi connectivity index (χ3v) is 3.66. The molecule has 2 rings (SSSR count). The fourth-order valence-electron chi connectivity index (χ4n) is 2.54. The van der Waals surface area contributed by atoms with Gasteiger partial charge in [0.05, 0.1) is 17.4 Å². The average molecular weight is 292 g/mol. The zero-order chi connectivity index (χ0) is 15.6. The second kappa shape index (κ2) is 5.90. The molecule has 1 saturated heterocycles. The smallest absolute Gasteiger partial charge is 0.309 e. The van der Waals surface area contributed by atoms with Gasteiger partial charge >= 0.3 is 11.9 Å². The van der Waals surface area contributed by atoms with E-state index in [4.69, 9.17) is 10.2 Å². The number of likely N-dealkylation sites (tertiary alicyclic amines) is 1. The van der Waals surface area contributed by atoms with Crippen molar-refractivity contribution in [3.63, 3.8) is 0 Å². The molecule has 0 aromatic carbocycles. The van der Waals surface area contributed by atoms with Crippen molar-refractivity contribution in [3.05, 3.63) is 29.6 Å². The molecule has 1 aromatic rings. The minimum Gasteiger partial charge on any atom is -0.481 e. The summed E-state index contributed by atoms with van der Waals surface area (Å²) in [5.74, 6) is -4.68. The Morgan fingerprint density at radius 3 is 2.43 bits per heavy atom. The number of carbonyl (C=O) groups excluding carboxylic acids is 1. The van der Waals surface area contributed by atoms with Crippen molar-refractivity contribution in [1.29, 1.82) is 0 Å². The van der Waals surface area contributed by atoms with Crippen LogP contribution < -0.4 is 0 Å². The summed E-state index contributed by atoms with van der Waals surface area (Å²) in [5.41, 5.74) is 1.21. The lowest BCUT2D eigenvalue weighted by Gasteiger charge is -2.34. The minimum absolute atomic E-state index is 0.0981. The van der Waals surface area contributed by atoms with Gasteiger partial charge in [-0.1, -0.05) is 0 Å². The zero-order valence-electron chi connectivity index (χ0n) is 11.5. The van der Waals surface area contributed by atoms with E-state index in [0.717, 1.165) is 5.56 Å². The summed E-state index contributed by atoms with van der Waals surface area (Å²) in [6.45, 7) is 1.94. The lowest BCUT2D eigenvalue weighted by molar-refractivity contribution is -0.156. The first-order valence-electron chi connectivity index (χ1n) is 6.56. The van der Waals surface area contributed by atoms with E-state index in [2.05, 4.69) is 4.98 Å². The van der Waals surface area contributed by atoms with Gasteiger partial charge in [-0.25, -0.2) is 0 Å². The van der Waals surface area contributed by atoms with E-state index in [-0.39, 0.29) is 25.4 Å². The van der Waals surface area contributed by atoms with Crippen LogP contribution in [0.2, 0.25) is 0 Å². The Bertz CT molecular complexity index is 586. The number of rotatable bonds is 3. The number of carboxylic acid groups (broad SMARTS) is 2. The van der Waals surface area contributed by atoms with Gasteiger partial charge in [-0.05, 0) is 25.0 Å². The normalized spacial score (nSPS) is 21.9. The molecule has 1 aliphatic heterocycles. The van der Waals surface area contributed by atoms with Crippen molar-refractivity contribution < 1.29 is 24.6 Å². The molecule has 0 saturated carbocycles. The monoisotopic (exact) mass is 292 g/mol. The van der Waals surface area contributed by atoms with Crippen molar-refractivity contribution in [2.45, 2.75) is 13.3 Å². The molecule has 112 valence electrons. The summed E-state index contributed by atoms with van der Waals surface area (Å²) < 4.78 is 0. The number of piperidine rings is 1. The Labute approximate surface area is 121 Å². The first-order chi connectivity index (χ1) is 9.90. The topological polar surface area (TPSA) is 108 Å². The number of pyridine rings is 1. The molecule has 7 nitrogen and oxygen atoms in total. The molecule has 0 radical (unpaired) electrons. The summed E-state index contributed by atoms with van der Waals surface area (Å²) >= 11 is 0. The summed E-state index contributed by atoms with van der Waals surface area (Å²) in [7, 11) is 0. The second-order valence-corrected chi connectivity index (χ2v) is 5.18. The third kappa shape index (κ3) is 3.18. The first-order valence-corrected chi connectivity index (χ1v) is 6.56. The molecule has 2 N–H and O–H groups in total. The van der Waals surface area contributed by atoms with E-state index < -0.39 is 23.8 Å². The van der Waals surface area contributed by atoms with Gasteiger partial charge in [0.2, 0.25) is 0 Å². The zero-order valence-corrected chi connectivity index (χ0v) is 11.5. The molecule has 0 bridgehead atoms. The molecule has 1 fully saturated rings.